The van der Waals surface area contributed by atoms with Crippen LogP contribution in [0.25, 0.3) is 0 Å². The van der Waals surface area contributed by atoms with Crippen LogP contribution < -0.4 is 5.73 Å². The van der Waals surface area contributed by atoms with Crippen molar-refractivity contribution in [3.8, 4) is 0 Å². The first-order valence-electron chi connectivity index (χ1n) is 6.51. The number of nitrogens with zero attached hydrogens (tertiary/aromatic N) is 1. The van der Waals surface area contributed by atoms with Gasteiger partial charge in [-0.15, -0.1) is 0 Å². The molecule has 0 aromatic carbocycles. The smallest absolute Gasteiger partial charge is 0.372 e. The van der Waals surface area contributed by atoms with E-state index in [2.05, 4.69) is 4.74 Å². The van der Waals surface area contributed by atoms with Gasteiger partial charge >= 0.3 is 6.18 Å². The Kier molecular flexibility index (Phi) is 6.06. The Morgan fingerprint density at radius 1 is 1.42 bits per heavy atom. The summed E-state index contributed by atoms with van der Waals surface area (Å²) in [6, 6.07) is 0.0938. The second-order valence-electron chi connectivity index (χ2n) is 4.89. The van der Waals surface area contributed by atoms with E-state index in [1.807, 2.05) is 6.92 Å². The van der Waals surface area contributed by atoms with Gasteiger partial charge in [-0.05, 0) is 26.2 Å². The molecule has 1 saturated heterocycles. The first kappa shape index (κ1) is 16.2. The molecule has 1 fully saturated rings. The SMILES string of the molecule is CC1CCCC(CN)N1C(=O)CCOCC(F)(F)F. The van der Waals surface area contributed by atoms with Crippen molar-refractivity contribution in [2.75, 3.05) is 19.8 Å². The van der Waals surface area contributed by atoms with Gasteiger partial charge in [-0.1, -0.05) is 0 Å². The van der Waals surface area contributed by atoms with Crippen LogP contribution in [0.2, 0.25) is 0 Å². The van der Waals surface area contributed by atoms with Gasteiger partial charge < -0.3 is 15.4 Å². The number of likely N-dealkylation sites (tertiary alicyclic amines) is 1. The fourth-order valence-electron chi connectivity index (χ4n) is 2.44. The predicted molar refractivity (Wildman–Crippen MR) is 64.5 cm³/mol. The van der Waals surface area contributed by atoms with Crippen LogP contribution in [-0.4, -0.2) is 48.8 Å². The lowest BCUT2D eigenvalue weighted by atomic mass is 9.96. The second-order valence-corrected chi connectivity index (χ2v) is 4.89. The molecule has 0 bridgehead atoms. The molecule has 2 atom stereocenters. The zero-order chi connectivity index (χ0) is 14.5. The van der Waals surface area contributed by atoms with E-state index < -0.39 is 12.8 Å². The molecule has 0 aliphatic carbocycles. The number of halogens is 3. The van der Waals surface area contributed by atoms with Crippen molar-refractivity contribution in [2.24, 2.45) is 5.73 Å². The molecule has 0 radical (unpaired) electrons. The Balaban J connectivity index is 2.38. The van der Waals surface area contributed by atoms with Crippen LogP contribution in [-0.2, 0) is 9.53 Å². The number of hydrogen-bond donors (Lipinski definition) is 1. The number of carbonyl (C=O) groups excluding carboxylic acids is 1. The highest BCUT2D eigenvalue weighted by atomic mass is 19.4. The summed E-state index contributed by atoms with van der Waals surface area (Å²) in [7, 11) is 0. The summed E-state index contributed by atoms with van der Waals surface area (Å²) in [6.07, 6.45) is -1.59. The quantitative estimate of drug-likeness (QED) is 0.781. The molecule has 112 valence electrons. The van der Waals surface area contributed by atoms with Crippen LogP contribution >= 0.6 is 0 Å². The molecular weight excluding hydrogens is 261 g/mol. The number of rotatable bonds is 5. The van der Waals surface area contributed by atoms with Gasteiger partial charge in [0.05, 0.1) is 13.0 Å². The molecule has 7 heteroatoms. The Labute approximate surface area is 111 Å². The third-order valence-corrected chi connectivity index (χ3v) is 3.31. The number of hydrogen-bond acceptors (Lipinski definition) is 3. The molecule has 1 aliphatic heterocycles. The number of carbonyl (C=O) groups is 1. The number of alkyl halides is 3. The first-order valence-corrected chi connectivity index (χ1v) is 6.51. The Bertz CT molecular complexity index is 297. The van der Waals surface area contributed by atoms with Crippen molar-refractivity contribution in [1.29, 1.82) is 0 Å². The minimum atomic E-state index is -4.35. The topological polar surface area (TPSA) is 55.6 Å². The van der Waals surface area contributed by atoms with Gasteiger partial charge in [0.1, 0.15) is 6.61 Å². The molecule has 1 amide bonds. The maximum atomic E-state index is 12.0. The van der Waals surface area contributed by atoms with Crippen molar-refractivity contribution < 1.29 is 22.7 Å². The van der Waals surface area contributed by atoms with Crippen molar-refractivity contribution in [3.63, 3.8) is 0 Å². The largest absolute Gasteiger partial charge is 0.411 e. The van der Waals surface area contributed by atoms with Crippen molar-refractivity contribution in [1.82, 2.24) is 4.90 Å². The summed E-state index contributed by atoms with van der Waals surface area (Å²) in [5.74, 6) is -0.176. The fraction of sp³-hybridized carbons (Fsp3) is 0.917. The predicted octanol–water partition coefficient (Wildman–Crippen LogP) is 1.68. The van der Waals surface area contributed by atoms with Gasteiger partial charge in [0.15, 0.2) is 0 Å². The third-order valence-electron chi connectivity index (χ3n) is 3.31. The number of piperidine rings is 1. The Morgan fingerprint density at radius 3 is 2.68 bits per heavy atom. The van der Waals surface area contributed by atoms with Crippen molar-refractivity contribution in [2.45, 2.75) is 50.9 Å². The van der Waals surface area contributed by atoms with Gasteiger partial charge in [-0.2, -0.15) is 13.2 Å². The van der Waals surface area contributed by atoms with Crippen molar-refractivity contribution >= 4 is 5.91 Å². The van der Waals surface area contributed by atoms with Crippen LogP contribution in [0.3, 0.4) is 0 Å². The molecule has 0 spiro atoms. The van der Waals surface area contributed by atoms with Gasteiger partial charge in [-0.25, -0.2) is 0 Å². The van der Waals surface area contributed by atoms with Gasteiger partial charge in [-0.3, -0.25) is 4.79 Å². The summed E-state index contributed by atoms with van der Waals surface area (Å²) in [5.41, 5.74) is 5.63. The Morgan fingerprint density at radius 2 is 2.11 bits per heavy atom. The summed E-state index contributed by atoms with van der Waals surface area (Å²) >= 11 is 0. The summed E-state index contributed by atoms with van der Waals surface area (Å²) in [6.45, 7) is 0.810. The highest BCUT2D eigenvalue weighted by Crippen LogP contribution is 2.23. The lowest BCUT2D eigenvalue weighted by Gasteiger charge is -2.40. The first-order chi connectivity index (χ1) is 8.85. The average Bonchev–Trinajstić information content (AvgIpc) is 2.32. The molecule has 1 aliphatic rings. The molecule has 2 unspecified atom stereocenters. The van der Waals surface area contributed by atoms with E-state index >= 15 is 0 Å². The third kappa shape index (κ3) is 5.36. The maximum absolute atomic E-state index is 12.0. The minimum Gasteiger partial charge on any atom is -0.372 e. The highest BCUT2D eigenvalue weighted by molar-refractivity contribution is 5.77. The van der Waals surface area contributed by atoms with Gasteiger partial charge in [0.25, 0.3) is 0 Å². The van der Waals surface area contributed by atoms with E-state index in [0.29, 0.717) is 6.54 Å². The lowest BCUT2D eigenvalue weighted by molar-refractivity contribution is -0.175. The van der Waals surface area contributed by atoms with Gasteiger partial charge in [0.2, 0.25) is 5.91 Å². The summed E-state index contributed by atoms with van der Waals surface area (Å²) < 4.78 is 40.1. The van der Waals surface area contributed by atoms with Crippen molar-refractivity contribution in [3.05, 3.63) is 0 Å². The highest BCUT2D eigenvalue weighted by Gasteiger charge is 2.31. The maximum Gasteiger partial charge on any atom is 0.411 e. The molecule has 4 nitrogen and oxygen atoms in total. The van der Waals surface area contributed by atoms with E-state index in [4.69, 9.17) is 5.73 Å². The van der Waals surface area contributed by atoms with Crippen LogP contribution in [0, 0.1) is 0 Å². The van der Waals surface area contributed by atoms with E-state index in [9.17, 15) is 18.0 Å². The van der Waals surface area contributed by atoms with E-state index in [-0.39, 0.29) is 31.0 Å². The zero-order valence-electron chi connectivity index (χ0n) is 11.1. The minimum absolute atomic E-state index is 0.00105. The molecule has 0 aromatic heterocycles. The molecule has 2 N–H and O–H groups in total. The summed E-state index contributed by atoms with van der Waals surface area (Å²) in [4.78, 5) is 13.7. The normalized spacial score (nSPS) is 24.6. The van der Waals surface area contributed by atoms with E-state index in [0.717, 1.165) is 19.3 Å². The zero-order valence-corrected chi connectivity index (χ0v) is 11.1. The number of nitrogens with two attached hydrogens (primary N) is 1. The van der Waals surface area contributed by atoms with Crippen LogP contribution in [0.1, 0.15) is 32.6 Å². The van der Waals surface area contributed by atoms with Crippen LogP contribution in [0.5, 0.6) is 0 Å². The Hall–Kier alpha value is -0.820. The molecule has 0 aromatic rings. The number of ether oxygens (including phenoxy) is 1. The fourth-order valence-corrected chi connectivity index (χ4v) is 2.44. The van der Waals surface area contributed by atoms with Crippen LogP contribution in [0.15, 0.2) is 0 Å². The summed E-state index contributed by atoms with van der Waals surface area (Å²) in [5, 5.41) is 0. The van der Waals surface area contributed by atoms with Crippen LogP contribution in [0.4, 0.5) is 13.2 Å². The molecule has 1 rings (SSSR count). The molecule has 1 heterocycles. The van der Waals surface area contributed by atoms with E-state index in [1.54, 1.807) is 4.90 Å². The monoisotopic (exact) mass is 282 g/mol. The molecular formula is C12H21F3N2O2. The standard InChI is InChI=1S/C12H21F3N2O2/c1-9-3-2-4-10(7-16)17(9)11(18)5-6-19-8-12(13,14)15/h9-10H,2-8,16H2,1H3. The molecule has 19 heavy (non-hydrogen) atoms. The number of amides is 1. The lowest BCUT2D eigenvalue weighted by Crippen LogP contribution is -2.52. The van der Waals surface area contributed by atoms with Gasteiger partial charge in [0, 0.05) is 18.6 Å². The second kappa shape index (κ2) is 7.09. The van der Waals surface area contributed by atoms with E-state index in [1.165, 1.54) is 0 Å². The average molecular weight is 282 g/mol. The molecule has 0 saturated carbocycles.